The second-order valence-electron chi connectivity index (χ2n) is 7.88. The molecule has 0 radical (unpaired) electrons. The monoisotopic (exact) mass is 410 g/mol. The molecule has 1 saturated carbocycles. The zero-order valence-corrected chi connectivity index (χ0v) is 17.1. The smallest absolute Gasteiger partial charge is 0.240 e. The van der Waals surface area contributed by atoms with Crippen LogP contribution in [0.4, 0.5) is 0 Å². The van der Waals surface area contributed by atoms with E-state index in [1.54, 1.807) is 24.3 Å². The van der Waals surface area contributed by atoms with Gasteiger partial charge < -0.3 is 15.2 Å². The van der Waals surface area contributed by atoms with Crippen LogP contribution in [0.25, 0.3) is 0 Å². The first-order valence-corrected chi connectivity index (χ1v) is 11.5. The van der Waals surface area contributed by atoms with Crippen LogP contribution in [-0.2, 0) is 19.6 Å². The van der Waals surface area contributed by atoms with Gasteiger partial charge in [-0.15, -0.1) is 0 Å². The van der Waals surface area contributed by atoms with Gasteiger partial charge in [0.25, 0.3) is 0 Å². The Bertz CT molecular complexity index is 761. The minimum Gasteiger partial charge on any atom is -0.394 e. The number of aryl methyl sites for hydroxylation is 1. The lowest BCUT2D eigenvalue weighted by atomic mass is 9.97. The Morgan fingerprint density at radius 2 is 1.89 bits per heavy atom. The van der Waals surface area contributed by atoms with Gasteiger partial charge in [0.2, 0.25) is 15.9 Å². The van der Waals surface area contributed by atoms with Crippen molar-refractivity contribution in [2.24, 2.45) is 5.92 Å². The molecule has 1 heterocycles. The van der Waals surface area contributed by atoms with Crippen LogP contribution >= 0.6 is 0 Å². The molecule has 2 fully saturated rings. The fraction of sp³-hybridized carbons (Fsp3) is 0.650. The topological polar surface area (TPSA) is 105 Å². The van der Waals surface area contributed by atoms with Crippen LogP contribution < -0.4 is 10.0 Å². The molecule has 0 unspecified atom stereocenters. The lowest BCUT2D eigenvalue weighted by Gasteiger charge is -2.36. The summed E-state index contributed by atoms with van der Waals surface area (Å²) < 4.78 is 33.2. The Morgan fingerprint density at radius 3 is 2.54 bits per heavy atom. The Morgan fingerprint density at radius 1 is 1.18 bits per heavy atom. The molecule has 1 aliphatic heterocycles. The van der Waals surface area contributed by atoms with Gasteiger partial charge in [0, 0.05) is 13.0 Å². The van der Waals surface area contributed by atoms with Gasteiger partial charge in [-0.2, -0.15) is 0 Å². The van der Waals surface area contributed by atoms with Crippen molar-refractivity contribution >= 4 is 15.9 Å². The Hall–Kier alpha value is -1.48. The molecule has 1 aliphatic carbocycles. The van der Waals surface area contributed by atoms with Gasteiger partial charge in [-0.25, -0.2) is 13.1 Å². The molecule has 2 aliphatic rings. The summed E-state index contributed by atoms with van der Waals surface area (Å²) in [5.74, 6) is 0.547. The van der Waals surface area contributed by atoms with Crippen LogP contribution in [-0.4, -0.2) is 50.8 Å². The van der Waals surface area contributed by atoms with Crippen molar-refractivity contribution in [1.29, 1.82) is 0 Å². The number of carbonyl (C=O) groups is 1. The number of amides is 1. The first kappa shape index (κ1) is 21.2. The molecule has 1 aromatic carbocycles. The standard InChI is InChI=1S/C20H30N2O5S/c1-14-2-7-17(8-3-14)28(25,26)21-11-10-16-6-9-18(19(13-23)27-16)22-20(24)12-15-4-5-15/h2-3,7-8,15-16,18-19,21,23H,4-6,9-13H2,1H3,(H,22,24)/t16-,18-,19-/m1/s1. The van der Waals surface area contributed by atoms with Crippen molar-refractivity contribution in [2.45, 2.75) is 68.6 Å². The fourth-order valence-electron chi connectivity index (χ4n) is 3.51. The van der Waals surface area contributed by atoms with Gasteiger partial charge in [0.15, 0.2) is 0 Å². The van der Waals surface area contributed by atoms with E-state index in [1.165, 1.54) is 0 Å². The highest BCUT2D eigenvalue weighted by Crippen LogP contribution is 2.32. The minimum absolute atomic E-state index is 0.0267. The quantitative estimate of drug-likeness (QED) is 0.572. The minimum atomic E-state index is -3.54. The molecule has 3 N–H and O–H groups in total. The maximum atomic E-state index is 12.3. The number of hydrogen-bond acceptors (Lipinski definition) is 5. The number of benzene rings is 1. The lowest BCUT2D eigenvalue weighted by Crippen LogP contribution is -2.51. The number of aliphatic hydroxyl groups excluding tert-OH is 1. The van der Waals surface area contributed by atoms with E-state index < -0.39 is 16.1 Å². The summed E-state index contributed by atoms with van der Waals surface area (Å²) in [5, 5.41) is 12.6. The highest BCUT2D eigenvalue weighted by molar-refractivity contribution is 7.89. The normalized spacial score (nSPS) is 25.4. The van der Waals surface area contributed by atoms with E-state index in [0.717, 1.165) is 31.2 Å². The number of aliphatic hydroxyl groups is 1. The van der Waals surface area contributed by atoms with E-state index in [4.69, 9.17) is 4.74 Å². The zero-order valence-electron chi connectivity index (χ0n) is 16.3. The predicted molar refractivity (Wildman–Crippen MR) is 105 cm³/mol. The lowest BCUT2D eigenvalue weighted by molar-refractivity contribution is -0.128. The molecule has 28 heavy (non-hydrogen) atoms. The predicted octanol–water partition coefficient (Wildman–Crippen LogP) is 1.49. The summed E-state index contributed by atoms with van der Waals surface area (Å²) >= 11 is 0. The van der Waals surface area contributed by atoms with Crippen LogP contribution in [0.5, 0.6) is 0 Å². The number of rotatable bonds is 9. The van der Waals surface area contributed by atoms with E-state index >= 15 is 0 Å². The van der Waals surface area contributed by atoms with Crippen molar-refractivity contribution in [1.82, 2.24) is 10.0 Å². The summed E-state index contributed by atoms with van der Waals surface area (Å²) in [6.07, 6.45) is 4.17. The molecule has 156 valence electrons. The van der Waals surface area contributed by atoms with Crippen LogP contribution in [0.3, 0.4) is 0 Å². The zero-order chi connectivity index (χ0) is 20.1. The van der Waals surface area contributed by atoms with Gasteiger partial charge in [0.05, 0.1) is 23.6 Å². The van der Waals surface area contributed by atoms with Crippen LogP contribution in [0.2, 0.25) is 0 Å². The number of sulfonamides is 1. The van der Waals surface area contributed by atoms with Crippen molar-refractivity contribution in [3.63, 3.8) is 0 Å². The second kappa shape index (κ2) is 9.35. The molecule has 0 aromatic heterocycles. The Kier molecular flexibility index (Phi) is 7.09. The summed E-state index contributed by atoms with van der Waals surface area (Å²) in [7, 11) is -3.54. The number of nitrogens with one attached hydrogen (secondary N) is 2. The molecule has 8 heteroatoms. The third kappa shape index (κ3) is 6.01. The van der Waals surface area contributed by atoms with Crippen molar-refractivity contribution in [3.05, 3.63) is 29.8 Å². The van der Waals surface area contributed by atoms with Crippen LogP contribution in [0.15, 0.2) is 29.2 Å². The Labute approximate surface area is 166 Å². The second-order valence-corrected chi connectivity index (χ2v) is 9.64. The summed E-state index contributed by atoms with van der Waals surface area (Å²) in [4.78, 5) is 12.3. The van der Waals surface area contributed by atoms with Gasteiger partial charge in [-0.1, -0.05) is 17.7 Å². The van der Waals surface area contributed by atoms with E-state index in [0.29, 0.717) is 18.8 Å². The number of hydrogen-bond donors (Lipinski definition) is 3. The molecule has 0 spiro atoms. The average molecular weight is 411 g/mol. The number of ether oxygens (including phenoxy) is 1. The van der Waals surface area contributed by atoms with Crippen molar-refractivity contribution in [3.8, 4) is 0 Å². The maximum Gasteiger partial charge on any atom is 0.240 e. The SMILES string of the molecule is Cc1ccc(S(=O)(=O)NCC[C@H]2CC[C@@H](NC(=O)CC3CC3)[C@@H](CO)O2)cc1. The average Bonchev–Trinajstić information content (AvgIpc) is 3.47. The molecule has 1 amide bonds. The van der Waals surface area contributed by atoms with Crippen molar-refractivity contribution in [2.75, 3.05) is 13.2 Å². The van der Waals surface area contributed by atoms with E-state index in [2.05, 4.69) is 10.0 Å². The van der Waals surface area contributed by atoms with E-state index in [-0.39, 0.29) is 36.1 Å². The van der Waals surface area contributed by atoms with E-state index in [1.807, 2.05) is 6.92 Å². The highest BCUT2D eigenvalue weighted by Gasteiger charge is 2.33. The van der Waals surface area contributed by atoms with Gasteiger partial charge >= 0.3 is 0 Å². The molecular weight excluding hydrogens is 380 g/mol. The summed E-state index contributed by atoms with van der Waals surface area (Å²) in [5.41, 5.74) is 1.00. The molecule has 3 atom stereocenters. The molecule has 1 aromatic rings. The van der Waals surface area contributed by atoms with Crippen LogP contribution in [0.1, 0.15) is 44.1 Å². The molecule has 7 nitrogen and oxygen atoms in total. The highest BCUT2D eigenvalue weighted by atomic mass is 32.2. The fourth-order valence-corrected chi connectivity index (χ4v) is 4.56. The number of carbonyl (C=O) groups excluding carboxylic acids is 1. The van der Waals surface area contributed by atoms with E-state index in [9.17, 15) is 18.3 Å². The van der Waals surface area contributed by atoms with Crippen LogP contribution in [0, 0.1) is 12.8 Å². The van der Waals surface area contributed by atoms with Crippen molar-refractivity contribution < 1.29 is 23.1 Å². The third-order valence-corrected chi connectivity index (χ3v) is 6.88. The first-order valence-electron chi connectivity index (χ1n) is 9.99. The molecular formula is C20H30N2O5S. The molecule has 3 rings (SSSR count). The largest absolute Gasteiger partial charge is 0.394 e. The third-order valence-electron chi connectivity index (χ3n) is 5.40. The molecule has 1 saturated heterocycles. The molecule has 0 bridgehead atoms. The van der Waals surface area contributed by atoms with Gasteiger partial charge in [0.1, 0.15) is 6.10 Å². The maximum absolute atomic E-state index is 12.3. The Balaban J connectivity index is 1.44. The van der Waals surface area contributed by atoms with Gasteiger partial charge in [-0.05, 0) is 57.1 Å². The first-order chi connectivity index (χ1) is 13.4. The summed E-state index contributed by atoms with van der Waals surface area (Å²) in [6, 6.07) is 6.53. The van der Waals surface area contributed by atoms with Gasteiger partial charge in [-0.3, -0.25) is 4.79 Å². The summed E-state index contributed by atoms with van der Waals surface area (Å²) in [6.45, 7) is 2.00.